The van der Waals surface area contributed by atoms with Crippen molar-refractivity contribution in [3.8, 4) is 0 Å². The number of amides is 1. The van der Waals surface area contributed by atoms with Crippen molar-refractivity contribution in [2.24, 2.45) is 0 Å². The first kappa shape index (κ1) is 14.6. The van der Waals surface area contributed by atoms with Crippen molar-refractivity contribution in [1.82, 2.24) is 15.3 Å². The maximum atomic E-state index is 11.6. The Morgan fingerprint density at radius 2 is 2.10 bits per heavy atom. The maximum Gasteiger partial charge on any atom is 0.221 e. The Morgan fingerprint density at radius 3 is 2.75 bits per heavy atom. The monoisotopic (exact) mass is 277 g/mol. The predicted molar refractivity (Wildman–Crippen MR) is 79.8 cm³/mol. The van der Waals surface area contributed by atoms with Crippen molar-refractivity contribution in [3.63, 3.8) is 0 Å². The van der Waals surface area contributed by atoms with E-state index < -0.39 is 0 Å². The minimum absolute atomic E-state index is 0.108. The van der Waals surface area contributed by atoms with Crippen LogP contribution in [0.5, 0.6) is 0 Å². The van der Waals surface area contributed by atoms with Gasteiger partial charge in [0.2, 0.25) is 5.91 Å². The van der Waals surface area contributed by atoms with Gasteiger partial charge in [-0.1, -0.05) is 6.92 Å². The Labute approximate surface area is 119 Å². The molecule has 110 valence electrons. The zero-order chi connectivity index (χ0) is 14.4. The molecule has 1 aromatic rings. The van der Waals surface area contributed by atoms with E-state index in [1.807, 2.05) is 13.1 Å². The molecule has 1 aromatic heterocycles. The molecule has 0 bridgehead atoms. The SMILES string of the molecule is CCCc1nc(NC)cc(NCCC(=O)NC2CC2)n1. The Kier molecular flexibility index (Phi) is 5.15. The summed E-state index contributed by atoms with van der Waals surface area (Å²) in [5.41, 5.74) is 0. The molecule has 0 atom stereocenters. The van der Waals surface area contributed by atoms with Crippen LogP contribution in [0.4, 0.5) is 11.6 Å². The highest BCUT2D eigenvalue weighted by Gasteiger charge is 2.22. The van der Waals surface area contributed by atoms with Gasteiger partial charge in [0.05, 0.1) is 0 Å². The molecule has 1 aliphatic rings. The van der Waals surface area contributed by atoms with Crippen LogP contribution in [0.3, 0.4) is 0 Å². The summed E-state index contributed by atoms with van der Waals surface area (Å²) in [6, 6.07) is 2.28. The maximum absolute atomic E-state index is 11.6. The topological polar surface area (TPSA) is 78.9 Å². The zero-order valence-electron chi connectivity index (χ0n) is 12.2. The summed E-state index contributed by atoms with van der Waals surface area (Å²) in [5, 5.41) is 9.19. The van der Waals surface area contributed by atoms with Crippen LogP contribution in [0.25, 0.3) is 0 Å². The lowest BCUT2D eigenvalue weighted by molar-refractivity contribution is -0.120. The van der Waals surface area contributed by atoms with E-state index in [1.165, 1.54) is 0 Å². The molecule has 1 fully saturated rings. The molecular weight excluding hydrogens is 254 g/mol. The van der Waals surface area contributed by atoms with Gasteiger partial charge in [-0.05, 0) is 19.3 Å². The van der Waals surface area contributed by atoms with Crippen molar-refractivity contribution >= 4 is 17.5 Å². The van der Waals surface area contributed by atoms with Gasteiger partial charge in [0.15, 0.2) is 0 Å². The molecule has 6 heteroatoms. The van der Waals surface area contributed by atoms with Gasteiger partial charge < -0.3 is 16.0 Å². The molecule has 0 spiro atoms. The van der Waals surface area contributed by atoms with Crippen LogP contribution in [0, 0.1) is 0 Å². The predicted octanol–water partition coefficient (Wildman–Crippen LogP) is 1.55. The summed E-state index contributed by atoms with van der Waals surface area (Å²) in [6.45, 7) is 2.69. The van der Waals surface area contributed by atoms with Crippen LogP contribution in [-0.2, 0) is 11.2 Å². The fourth-order valence-electron chi connectivity index (χ4n) is 1.88. The molecule has 0 saturated heterocycles. The standard InChI is InChI=1S/C14H23N5O/c1-3-4-11-18-12(15-2)9-13(19-11)16-8-7-14(20)17-10-5-6-10/h9-10H,3-8H2,1-2H3,(H,17,20)(H2,15,16,18,19). The van der Waals surface area contributed by atoms with Crippen molar-refractivity contribution in [3.05, 3.63) is 11.9 Å². The van der Waals surface area contributed by atoms with E-state index in [0.29, 0.717) is 19.0 Å². The molecule has 0 unspecified atom stereocenters. The molecule has 2 rings (SSSR count). The van der Waals surface area contributed by atoms with E-state index >= 15 is 0 Å². The normalized spacial score (nSPS) is 13.9. The number of nitrogens with one attached hydrogen (secondary N) is 3. The van der Waals surface area contributed by atoms with Gasteiger partial charge in [-0.3, -0.25) is 4.79 Å². The first-order valence-electron chi connectivity index (χ1n) is 7.30. The van der Waals surface area contributed by atoms with Gasteiger partial charge in [0.25, 0.3) is 0 Å². The highest BCUT2D eigenvalue weighted by atomic mass is 16.1. The molecule has 0 aromatic carbocycles. The summed E-state index contributed by atoms with van der Waals surface area (Å²) in [7, 11) is 1.84. The summed E-state index contributed by atoms with van der Waals surface area (Å²) in [5.74, 6) is 2.50. The lowest BCUT2D eigenvalue weighted by atomic mass is 10.3. The number of carbonyl (C=O) groups excluding carboxylic acids is 1. The summed E-state index contributed by atoms with van der Waals surface area (Å²) < 4.78 is 0. The fraction of sp³-hybridized carbons (Fsp3) is 0.643. The van der Waals surface area contributed by atoms with Crippen LogP contribution in [0.1, 0.15) is 38.4 Å². The van der Waals surface area contributed by atoms with E-state index in [0.717, 1.165) is 43.1 Å². The Hall–Kier alpha value is -1.85. The number of nitrogens with zero attached hydrogens (tertiary/aromatic N) is 2. The first-order chi connectivity index (χ1) is 9.71. The number of aromatic nitrogens is 2. The molecule has 20 heavy (non-hydrogen) atoms. The second kappa shape index (κ2) is 7.07. The molecule has 0 radical (unpaired) electrons. The van der Waals surface area contributed by atoms with Crippen molar-refractivity contribution in [1.29, 1.82) is 0 Å². The van der Waals surface area contributed by atoms with Crippen LogP contribution < -0.4 is 16.0 Å². The molecule has 1 amide bonds. The molecule has 3 N–H and O–H groups in total. The third kappa shape index (κ3) is 4.68. The summed E-state index contributed by atoms with van der Waals surface area (Å²) in [4.78, 5) is 20.4. The van der Waals surface area contributed by atoms with E-state index in [-0.39, 0.29) is 5.91 Å². The van der Waals surface area contributed by atoms with E-state index in [4.69, 9.17) is 0 Å². The van der Waals surface area contributed by atoms with Crippen molar-refractivity contribution in [2.75, 3.05) is 24.2 Å². The highest BCUT2D eigenvalue weighted by molar-refractivity contribution is 5.77. The smallest absolute Gasteiger partial charge is 0.221 e. The van der Waals surface area contributed by atoms with Crippen LogP contribution >= 0.6 is 0 Å². The van der Waals surface area contributed by atoms with Gasteiger partial charge >= 0.3 is 0 Å². The number of rotatable bonds is 8. The Balaban J connectivity index is 1.83. The number of aryl methyl sites for hydroxylation is 1. The van der Waals surface area contributed by atoms with Crippen LogP contribution in [-0.4, -0.2) is 35.5 Å². The van der Waals surface area contributed by atoms with Crippen molar-refractivity contribution < 1.29 is 4.79 Å². The minimum Gasteiger partial charge on any atom is -0.373 e. The average molecular weight is 277 g/mol. The second-order valence-corrected chi connectivity index (χ2v) is 5.07. The summed E-state index contributed by atoms with van der Waals surface area (Å²) in [6.07, 6.45) is 4.58. The van der Waals surface area contributed by atoms with Gasteiger partial charge in [0.1, 0.15) is 17.5 Å². The van der Waals surface area contributed by atoms with Gasteiger partial charge in [0, 0.05) is 38.5 Å². The van der Waals surface area contributed by atoms with Gasteiger partial charge in [-0.15, -0.1) is 0 Å². The third-order valence-corrected chi connectivity index (χ3v) is 3.10. The average Bonchev–Trinajstić information content (AvgIpc) is 3.22. The molecule has 1 aliphatic carbocycles. The van der Waals surface area contributed by atoms with Crippen LogP contribution in [0.2, 0.25) is 0 Å². The number of anilines is 2. The van der Waals surface area contributed by atoms with Crippen molar-refractivity contribution in [2.45, 2.75) is 45.1 Å². The lowest BCUT2D eigenvalue weighted by Gasteiger charge is -2.09. The molecule has 1 heterocycles. The van der Waals surface area contributed by atoms with Gasteiger partial charge in [-0.25, -0.2) is 9.97 Å². The number of carbonyl (C=O) groups is 1. The Bertz CT molecular complexity index is 459. The van der Waals surface area contributed by atoms with E-state index in [9.17, 15) is 4.79 Å². The van der Waals surface area contributed by atoms with Crippen LogP contribution in [0.15, 0.2) is 6.07 Å². The second-order valence-electron chi connectivity index (χ2n) is 5.07. The molecule has 6 nitrogen and oxygen atoms in total. The quantitative estimate of drug-likeness (QED) is 0.672. The van der Waals surface area contributed by atoms with E-state index in [2.05, 4.69) is 32.8 Å². The summed E-state index contributed by atoms with van der Waals surface area (Å²) >= 11 is 0. The molecule has 0 aliphatic heterocycles. The Morgan fingerprint density at radius 1 is 1.35 bits per heavy atom. The fourth-order valence-corrected chi connectivity index (χ4v) is 1.88. The largest absolute Gasteiger partial charge is 0.373 e. The highest BCUT2D eigenvalue weighted by Crippen LogP contribution is 2.18. The zero-order valence-corrected chi connectivity index (χ0v) is 12.2. The first-order valence-corrected chi connectivity index (χ1v) is 7.30. The lowest BCUT2D eigenvalue weighted by Crippen LogP contribution is -2.27. The van der Waals surface area contributed by atoms with Gasteiger partial charge in [-0.2, -0.15) is 0 Å². The minimum atomic E-state index is 0.108. The number of hydrogen-bond donors (Lipinski definition) is 3. The molecule has 1 saturated carbocycles. The number of hydrogen-bond acceptors (Lipinski definition) is 5. The third-order valence-electron chi connectivity index (χ3n) is 3.10. The van der Waals surface area contributed by atoms with E-state index in [1.54, 1.807) is 0 Å². The molecular formula is C14H23N5O.